The first-order valence-corrected chi connectivity index (χ1v) is 15.3. The molecule has 0 unspecified atom stereocenters. The number of ether oxygens (including phenoxy) is 5. The smallest absolute Gasteiger partial charge is 0.122 e. The monoisotopic (exact) mass is 594 g/mol. The molecule has 0 saturated carbocycles. The van der Waals surface area contributed by atoms with Crippen molar-refractivity contribution in [1.29, 1.82) is 0 Å². The molecule has 1 fully saturated rings. The highest BCUT2D eigenvalue weighted by Gasteiger charge is 2.57. The molecule has 1 saturated heterocycles. The van der Waals surface area contributed by atoms with Crippen LogP contribution in [0, 0.1) is 5.92 Å². The molecule has 0 radical (unpaired) electrons. The Morgan fingerprint density at radius 2 is 1.11 bits per heavy atom. The molecule has 1 heterocycles. The second-order valence-electron chi connectivity index (χ2n) is 11.5. The van der Waals surface area contributed by atoms with E-state index in [2.05, 4.69) is 0 Å². The largest absolute Gasteiger partial charge is 0.374 e. The summed E-state index contributed by atoms with van der Waals surface area (Å²) in [5.74, 6) is -0.281. The summed E-state index contributed by atoms with van der Waals surface area (Å²) in [4.78, 5) is 12.0. The number of aldehydes is 1. The number of hydrogen-bond acceptors (Lipinski definition) is 6. The summed E-state index contributed by atoms with van der Waals surface area (Å²) in [5, 5.41) is 0. The van der Waals surface area contributed by atoms with E-state index in [9.17, 15) is 4.79 Å². The predicted molar refractivity (Wildman–Crippen MR) is 170 cm³/mol. The SMILES string of the molecule is C[C@@H](C=O)C[C@@]1(COCc2ccccc2)O[C@H](COCc2ccccc2)[C@@H](OCc2ccccc2)[C@@H]1OCc1ccccc1. The number of carbonyl (C=O) groups is 1. The molecule has 6 heteroatoms. The lowest BCUT2D eigenvalue weighted by Crippen LogP contribution is -2.50. The Kier molecular flexibility index (Phi) is 11.9. The Hall–Kier alpha value is -3.65. The Bertz CT molecular complexity index is 1370. The van der Waals surface area contributed by atoms with Gasteiger partial charge in [-0.3, -0.25) is 0 Å². The molecule has 0 bridgehead atoms. The maximum absolute atomic E-state index is 12.0. The minimum Gasteiger partial charge on any atom is -0.374 e. The molecule has 230 valence electrons. The summed E-state index contributed by atoms with van der Waals surface area (Å²) < 4.78 is 32.9. The van der Waals surface area contributed by atoms with E-state index >= 15 is 0 Å². The Labute approximate surface area is 260 Å². The van der Waals surface area contributed by atoms with Gasteiger partial charge in [0.2, 0.25) is 0 Å². The quantitative estimate of drug-likeness (QED) is 0.123. The molecule has 5 rings (SSSR count). The molecule has 0 amide bonds. The molecule has 44 heavy (non-hydrogen) atoms. The number of hydrogen-bond donors (Lipinski definition) is 0. The van der Waals surface area contributed by atoms with Crippen LogP contribution in [-0.4, -0.2) is 43.4 Å². The van der Waals surface area contributed by atoms with Gasteiger partial charge in [0.25, 0.3) is 0 Å². The van der Waals surface area contributed by atoms with Gasteiger partial charge < -0.3 is 28.5 Å². The lowest BCUT2D eigenvalue weighted by molar-refractivity contribution is -0.163. The zero-order valence-electron chi connectivity index (χ0n) is 25.3. The summed E-state index contributed by atoms with van der Waals surface area (Å²) >= 11 is 0. The molecular weight excluding hydrogens is 552 g/mol. The first-order valence-electron chi connectivity index (χ1n) is 15.3. The van der Waals surface area contributed by atoms with Gasteiger partial charge in [0, 0.05) is 5.92 Å². The zero-order chi connectivity index (χ0) is 30.5. The van der Waals surface area contributed by atoms with Crippen molar-refractivity contribution >= 4 is 6.29 Å². The molecule has 6 nitrogen and oxygen atoms in total. The third-order valence-electron chi connectivity index (χ3n) is 7.88. The second kappa shape index (κ2) is 16.4. The van der Waals surface area contributed by atoms with E-state index < -0.39 is 23.9 Å². The van der Waals surface area contributed by atoms with Crippen molar-refractivity contribution in [3.63, 3.8) is 0 Å². The summed E-state index contributed by atoms with van der Waals surface area (Å²) in [6.45, 7) is 4.06. The van der Waals surface area contributed by atoms with Crippen LogP contribution in [0.15, 0.2) is 121 Å². The molecule has 0 spiro atoms. The van der Waals surface area contributed by atoms with Crippen molar-refractivity contribution in [3.05, 3.63) is 144 Å². The normalized spacial score (nSPS) is 22.1. The van der Waals surface area contributed by atoms with Crippen LogP contribution in [0.2, 0.25) is 0 Å². The average Bonchev–Trinajstić information content (AvgIpc) is 3.35. The van der Waals surface area contributed by atoms with Gasteiger partial charge in [0.1, 0.15) is 30.2 Å². The fraction of sp³-hybridized carbons (Fsp3) is 0.342. The van der Waals surface area contributed by atoms with E-state index in [0.717, 1.165) is 28.5 Å². The van der Waals surface area contributed by atoms with Crippen LogP contribution in [0.3, 0.4) is 0 Å². The zero-order valence-corrected chi connectivity index (χ0v) is 25.3. The van der Waals surface area contributed by atoms with Crippen LogP contribution < -0.4 is 0 Å². The Morgan fingerprint density at radius 1 is 0.659 bits per heavy atom. The molecule has 1 aliphatic heterocycles. The van der Waals surface area contributed by atoms with Crippen molar-refractivity contribution in [2.45, 2.75) is 63.7 Å². The molecular formula is C38H42O6. The van der Waals surface area contributed by atoms with E-state index in [1.165, 1.54) is 0 Å². The number of rotatable bonds is 17. The van der Waals surface area contributed by atoms with E-state index in [1.54, 1.807) is 0 Å². The van der Waals surface area contributed by atoms with E-state index in [-0.39, 0.29) is 12.5 Å². The lowest BCUT2D eigenvalue weighted by Gasteiger charge is -2.36. The van der Waals surface area contributed by atoms with Gasteiger partial charge >= 0.3 is 0 Å². The van der Waals surface area contributed by atoms with Crippen molar-refractivity contribution in [2.75, 3.05) is 13.2 Å². The van der Waals surface area contributed by atoms with Gasteiger partial charge in [-0.1, -0.05) is 128 Å². The molecule has 0 N–H and O–H groups in total. The summed E-state index contributed by atoms with van der Waals surface area (Å²) in [5.41, 5.74) is 3.30. The van der Waals surface area contributed by atoms with Crippen molar-refractivity contribution in [1.82, 2.24) is 0 Å². The highest BCUT2D eigenvalue weighted by molar-refractivity contribution is 5.53. The van der Waals surface area contributed by atoms with E-state index in [1.807, 2.05) is 128 Å². The molecule has 5 atom stereocenters. The van der Waals surface area contributed by atoms with Crippen LogP contribution in [-0.2, 0) is 54.9 Å². The van der Waals surface area contributed by atoms with E-state index in [0.29, 0.717) is 39.5 Å². The third kappa shape index (κ3) is 8.94. The summed E-state index contributed by atoms with van der Waals surface area (Å²) in [6.07, 6.45) is -0.0352. The minimum atomic E-state index is -0.938. The van der Waals surface area contributed by atoms with Gasteiger partial charge in [-0.25, -0.2) is 0 Å². The van der Waals surface area contributed by atoms with Gasteiger partial charge in [-0.15, -0.1) is 0 Å². The fourth-order valence-corrected chi connectivity index (χ4v) is 5.74. The van der Waals surface area contributed by atoms with Gasteiger partial charge in [0.15, 0.2) is 0 Å². The topological polar surface area (TPSA) is 63.2 Å². The van der Waals surface area contributed by atoms with Crippen molar-refractivity contribution < 1.29 is 28.5 Å². The Morgan fingerprint density at radius 3 is 1.61 bits per heavy atom. The van der Waals surface area contributed by atoms with Crippen molar-refractivity contribution in [2.24, 2.45) is 5.92 Å². The van der Waals surface area contributed by atoms with E-state index in [4.69, 9.17) is 23.7 Å². The average molecular weight is 595 g/mol. The predicted octanol–water partition coefficient (Wildman–Crippen LogP) is 6.95. The molecule has 1 aliphatic rings. The number of benzene rings is 4. The minimum absolute atomic E-state index is 0.236. The van der Waals surface area contributed by atoms with Crippen LogP contribution in [0.1, 0.15) is 35.6 Å². The third-order valence-corrected chi connectivity index (χ3v) is 7.88. The lowest BCUT2D eigenvalue weighted by atomic mass is 9.86. The van der Waals surface area contributed by atoms with Gasteiger partial charge in [-0.05, 0) is 28.7 Å². The highest BCUT2D eigenvalue weighted by atomic mass is 16.6. The van der Waals surface area contributed by atoms with Crippen LogP contribution >= 0.6 is 0 Å². The van der Waals surface area contributed by atoms with Gasteiger partial charge in [0.05, 0.1) is 39.6 Å². The fourth-order valence-electron chi connectivity index (χ4n) is 5.74. The van der Waals surface area contributed by atoms with Crippen LogP contribution in [0.25, 0.3) is 0 Å². The highest BCUT2D eigenvalue weighted by Crippen LogP contribution is 2.41. The maximum Gasteiger partial charge on any atom is 0.122 e. The Balaban J connectivity index is 1.43. The molecule has 0 aromatic heterocycles. The standard InChI is InChI=1S/C38H42O6/c1-30(23-39)22-38(29-41-25-32-16-8-3-9-17-32)37(43-27-34-20-12-5-13-21-34)36(42-26-33-18-10-4-11-19-33)35(44-38)28-40-24-31-14-6-2-7-15-31/h2-21,23,30,35-37H,22,24-29H2,1H3/t30-,35-,36-,37+,38+/m1/s1. The van der Waals surface area contributed by atoms with Crippen LogP contribution in [0.5, 0.6) is 0 Å². The molecule has 4 aromatic rings. The van der Waals surface area contributed by atoms with Gasteiger partial charge in [-0.2, -0.15) is 0 Å². The molecule has 4 aromatic carbocycles. The number of carbonyl (C=O) groups excluding carboxylic acids is 1. The maximum atomic E-state index is 12.0. The molecule has 0 aliphatic carbocycles. The first kappa shape index (κ1) is 31.8. The summed E-state index contributed by atoms with van der Waals surface area (Å²) in [7, 11) is 0. The van der Waals surface area contributed by atoms with Crippen LogP contribution in [0.4, 0.5) is 0 Å². The summed E-state index contributed by atoms with van der Waals surface area (Å²) in [6, 6.07) is 40.3. The van der Waals surface area contributed by atoms with Crippen molar-refractivity contribution in [3.8, 4) is 0 Å². The first-order chi connectivity index (χ1) is 21.6. The second-order valence-corrected chi connectivity index (χ2v) is 11.5.